The lowest BCUT2D eigenvalue weighted by atomic mass is 10.2. The topological polar surface area (TPSA) is 43.8 Å². The van der Waals surface area contributed by atoms with E-state index in [4.69, 9.17) is 5.73 Å². The molecule has 0 saturated carbocycles. The average Bonchev–Trinajstić information content (AvgIpc) is 2.95. The van der Waals surface area contributed by atoms with Crippen molar-refractivity contribution in [2.45, 2.75) is 13.1 Å². The van der Waals surface area contributed by atoms with Crippen molar-refractivity contribution >= 4 is 38.3 Å². The van der Waals surface area contributed by atoms with E-state index >= 15 is 0 Å². The SMILES string of the molecule is NCc1cn(Cc2cc(Br)cs2)c2ncccc12. The van der Waals surface area contributed by atoms with E-state index < -0.39 is 0 Å². The van der Waals surface area contributed by atoms with Crippen molar-refractivity contribution in [3.05, 3.63) is 50.9 Å². The van der Waals surface area contributed by atoms with Gasteiger partial charge < -0.3 is 10.3 Å². The lowest BCUT2D eigenvalue weighted by molar-refractivity contribution is 0.832. The Morgan fingerprint density at radius 1 is 1.44 bits per heavy atom. The highest BCUT2D eigenvalue weighted by Crippen LogP contribution is 2.24. The zero-order valence-electron chi connectivity index (χ0n) is 9.64. The molecule has 3 rings (SSSR count). The summed E-state index contributed by atoms with van der Waals surface area (Å²) in [6.07, 6.45) is 3.93. The molecular formula is C13H12BrN3S. The molecule has 0 fully saturated rings. The number of rotatable bonds is 3. The van der Waals surface area contributed by atoms with Crippen molar-refractivity contribution in [1.29, 1.82) is 0 Å². The van der Waals surface area contributed by atoms with Crippen LogP contribution in [-0.2, 0) is 13.1 Å². The molecule has 0 aromatic carbocycles. The molecular weight excluding hydrogens is 310 g/mol. The van der Waals surface area contributed by atoms with E-state index in [1.165, 1.54) is 4.88 Å². The standard InChI is InChI=1S/C13H12BrN3S/c14-10-4-11(18-8-10)7-17-6-9(5-15)12-2-1-3-16-13(12)17/h1-4,6,8H,5,7,15H2. The van der Waals surface area contributed by atoms with E-state index in [-0.39, 0.29) is 0 Å². The summed E-state index contributed by atoms with van der Waals surface area (Å²) in [4.78, 5) is 5.75. The summed E-state index contributed by atoms with van der Waals surface area (Å²) in [7, 11) is 0. The van der Waals surface area contributed by atoms with Gasteiger partial charge in [0.2, 0.25) is 0 Å². The molecule has 3 aromatic rings. The van der Waals surface area contributed by atoms with Crippen molar-refractivity contribution in [2.75, 3.05) is 0 Å². The zero-order valence-corrected chi connectivity index (χ0v) is 12.0. The Bertz CT molecular complexity index is 686. The number of nitrogens with two attached hydrogens (primary N) is 1. The molecule has 92 valence electrons. The molecule has 0 unspecified atom stereocenters. The van der Waals surface area contributed by atoms with Crippen molar-refractivity contribution in [1.82, 2.24) is 9.55 Å². The Morgan fingerprint density at radius 2 is 2.33 bits per heavy atom. The summed E-state index contributed by atoms with van der Waals surface area (Å²) in [5, 5.41) is 3.24. The van der Waals surface area contributed by atoms with E-state index in [0.717, 1.165) is 27.6 Å². The first-order valence-corrected chi connectivity index (χ1v) is 7.31. The van der Waals surface area contributed by atoms with Crippen LogP contribution in [0.15, 0.2) is 40.4 Å². The molecule has 3 heterocycles. The summed E-state index contributed by atoms with van der Waals surface area (Å²) in [5.74, 6) is 0. The maximum absolute atomic E-state index is 5.78. The van der Waals surface area contributed by atoms with E-state index in [2.05, 4.69) is 49.2 Å². The molecule has 18 heavy (non-hydrogen) atoms. The predicted octanol–water partition coefficient (Wildman–Crippen LogP) is 3.37. The number of pyridine rings is 1. The van der Waals surface area contributed by atoms with Gasteiger partial charge in [0.25, 0.3) is 0 Å². The third-order valence-electron chi connectivity index (χ3n) is 2.88. The summed E-state index contributed by atoms with van der Waals surface area (Å²) in [5.41, 5.74) is 7.93. The fourth-order valence-electron chi connectivity index (χ4n) is 2.08. The van der Waals surface area contributed by atoms with Crippen molar-refractivity contribution < 1.29 is 0 Å². The molecule has 0 radical (unpaired) electrons. The first kappa shape index (κ1) is 11.9. The molecule has 3 aromatic heterocycles. The lowest BCUT2D eigenvalue weighted by Crippen LogP contribution is -1.97. The number of hydrogen-bond acceptors (Lipinski definition) is 3. The molecule has 0 spiro atoms. The number of fused-ring (bicyclic) bond motifs is 1. The normalized spacial score (nSPS) is 11.2. The van der Waals surface area contributed by atoms with Crippen LogP contribution < -0.4 is 5.73 Å². The van der Waals surface area contributed by atoms with Gasteiger partial charge in [-0.25, -0.2) is 4.98 Å². The number of thiophene rings is 1. The fourth-order valence-corrected chi connectivity index (χ4v) is 3.53. The van der Waals surface area contributed by atoms with Gasteiger partial charge in [-0.3, -0.25) is 0 Å². The van der Waals surface area contributed by atoms with Gasteiger partial charge in [-0.1, -0.05) is 0 Å². The average molecular weight is 322 g/mol. The van der Waals surface area contributed by atoms with Crippen LogP contribution in [0.3, 0.4) is 0 Å². The predicted molar refractivity (Wildman–Crippen MR) is 78.7 cm³/mol. The summed E-state index contributed by atoms with van der Waals surface area (Å²) < 4.78 is 3.29. The number of aromatic nitrogens is 2. The maximum Gasteiger partial charge on any atom is 0.140 e. The highest BCUT2D eigenvalue weighted by atomic mass is 79.9. The largest absolute Gasteiger partial charge is 0.327 e. The second-order valence-corrected chi connectivity index (χ2v) is 6.00. The third kappa shape index (κ3) is 2.09. The van der Waals surface area contributed by atoms with Crippen LogP contribution in [0.5, 0.6) is 0 Å². The van der Waals surface area contributed by atoms with Crippen molar-refractivity contribution in [2.24, 2.45) is 5.73 Å². The molecule has 0 saturated heterocycles. The maximum atomic E-state index is 5.78. The van der Waals surface area contributed by atoms with Gasteiger partial charge in [-0.15, -0.1) is 11.3 Å². The molecule has 0 aliphatic carbocycles. The second-order valence-electron chi connectivity index (χ2n) is 4.09. The number of hydrogen-bond donors (Lipinski definition) is 1. The Balaban J connectivity index is 2.06. The van der Waals surface area contributed by atoms with Crippen LogP contribution in [-0.4, -0.2) is 9.55 Å². The second kappa shape index (κ2) is 4.84. The molecule has 0 aliphatic heterocycles. The van der Waals surface area contributed by atoms with E-state index in [0.29, 0.717) is 6.54 Å². The first-order valence-electron chi connectivity index (χ1n) is 5.63. The highest BCUT2D eigenvalue weighted by Gasteiger charge is 2.09. The van der Waals surface area contributed by atoms with Gasteiger partial charge >= 0.3 is 0 Å². The number of nitrogens with zero attached hydrogens (tertiary/aromatic N) is 2. The molecule has 2 N–H and O–H groups in total. The Kier molecular flexibility index (Phi) is 3.20. The molecule has 0 amide bonds. The van der Waals surface area contributed by atoms with Gasteiger partial charge in [0, 0.05) is 39.1 Å². The summed E-state index contributed by atoms with van der Waals surface area (Å²) in [6, 6.07) is 6.17. The first-order chi connectivity index (χ1) is 8.78. The minimum absolute atomic E-state index is 0.545. The highest BCUT2D eigenvalue weighted by molar-refractivity contribution is 9.10. The van der Waals surface area contributed by atoms with Gasteiger partial charge in [0.05, 0.1) is 6.54 Å². The van der Waals surface area contributed by atoms with Crippen molar-refractivity contribution in [3.8, 4) is 0 Å². The van der Waals surface area contributed by atoms with Gasteiger partial charge in [0.15, 0.2) is 0 Å². The lowest BCUT2D eigenvalue weighted by Gasteiger charge is -2.01. The van der Waals surface area contributed by atoms with Crippen LogP contribution >= 0.6 is 27.3 Å². The van der Waals surface area contributed by atoms with Crippen molar-refractivity contribution in [3.63, 3.8) is 0 Å². The summed E-state index contributed by atoms with van der Waals surface area (Å²) in [6.45, 7) is 1.38. The monoisotopic (exact) mass is 321 g/mol. The van der Waals surface area contributed by atoms with Crippen LogP contribution in [0.4, 0.5) is 0 Å². The minimum atomic E-state index is 0.545. The molecule has 3 nitrogen and oxygen atoms in total. The Morgan fingerprint density at radius 3 is 3.06 bits per heavy atom. The molecule has 5 heteroatoms. The van der Waals surface area contributed by atoms with Crippen LogP contribution in [0.1, 0.15) is 10.4 Å². The number of halogens is 1. The molecule has 0 bridgehead atoms. The van der Waals surface area contributed by atoms with E-state index in [1.807, 2.05) is 12.3 Å². The van der Waals surface area contributed by atoms with Gasteiger partial charge in [-0.05, 0) is 39.7 Å². The van der Waals surface area contributed by atoms with Crippen LogP contribution in [0.25, 0.3) is 11.0 Å². The Hall–Kier alpha value is -1.17. The minimum Gasteiger partial charge on any atom is -0.327 e. The van der Waals surface area contributed by atoms with E-state index in [9.17, 15) is 0 Å². The third-order valence-corrected chi connectivity index (χ3v) is 4.57. The molecule has 0 aliphatic rings. The smallest absolute Gasteiger partial charge is 0.140 e. The van der Waals surface area contributed by atoms with Gasteiger partial charge in [-0.2, -0.15) is 0 Å². The van der Waals surface area contributed by atoms with E-state index in [1.54, 1.807) is 11.3 Å². The molecule has 0 atom stereocenters. The fraction of sp³-hybridized carbons (Fsp3) is 0.154. The zero-order chi connectivity index (χ0) is 12.5. The summed E-state index contributed by atoms with van der Waals surface area (Å²) >= 11 is 5.22. The Labute approximate surface area is 117 Å². The van der Waals surface area contributed by atoms with Gasteiger partial charge in [0.1, 0.15) is 5.65 Å². The quantitative estimate of drug-likeness (QED) is 0.803. The van der Waals surface area contributed by atoms with Crippen LogP contribution in [0, 0.1) is 0 Å². The van der Waals surface area contributed by atoms with Crippen LogP contribution in [0.2, 0.25) is 0 Å².